The predicted octanol–water partition coefficient (Wildman–Crippen LogP) is 2.66. The van der Waals surface area contributed by atoms with Crippen molar-refractivity contribution in [2.24, 2.45) is 0 Å². The minimum absolute atomic E-state index is 0.161. The van der Waals surface area contributed by atoms with E-state index in [1.165, 1.54) is 0 Å². The van der Waals surface area contributed by atoms with Gasteiger partial charge in [-0.1, -0.05) is 0 Å². The van der Waals surface area contributed by atoms with E-state index in [9.17, 15) is 4.79 Å². The third-order valence-electron chi connectivity index (χ3n) is 1.74. The summed E-state index contributed by atoms with van der Waals surface area (Å²) in [7, 11) is 0. The summed E-state index contributed by atoms with van der Waals surface area (Å²) in [6, 6.07) is 0. The van der Waals surface area contributed by atoms with Gasteiger partial charge in [0.25, 0.3) is 0 Å². The molecule has 14 heavy (non-hydrogen) atoms. The highest BCUT2D eigenvalue weighted by Crippen LogP contribution is 2.12. The fourth-order valence-electron chi connectivity index (χ4n) is 1.09. The van der Waals surface area contributed by atoms with Gasteiger partial charge >= 0.3 is 5.97 Å². The van der Waals surface area contributed by atoms with Crippen LogP contribution in [0.4, 0.5) is 0 Å². The number of carbonyl (C=O) groups is 1. The number of rotatable bonds is 6. The Morgan fingerprint density at radius 2 is 1.57 bits per heavy atom. The van der Waals surface area contributed by atoms with Crippen molar-refractivity contribution in [1.29, 1.82) is 0 Å². The number of hydrogen-bond donors (Lipinski definition) is 0. The van der Waals surface area contributed by atoms with E-state index in [0.717, 1.165) is 11.3 Å². The van der Waals surface area contributed by atoms with E-state index in [2.05, 4.69) is 0 Å². The molecular formula is C11H20O3. The molecule has 0 unspecified atom stereocenters. The Morgan fingerprint density at radius 3 is 2.00 bits per heavy atom. The second-order valence-electron chi connectivity index (χ2n) is 3.16. The molecule has 3 nitrogen and oxygen atoms in total. The highest BCUT2D eigenvalue weighted by atomic mass is 16.5. The lowest BCUT2D eigenvalue weighted by molar-refractivity contribution is -0.143. The number of allylic oxidation sites excluding steroid dienone is 2. The van der Waals surface area contributed by atoms with Gasteiger partial charge in [0.2, 0.25) is 0 Å². The Hall–Kier alpha value is -0.990. The van der Waals surface area contributed by atoms with E-state index < -0.39 is 0 Å². The Morgan fingerprint density at radius 1 is 1.00 bits per heavy atom. The smallest absolute Gasteiger partial charge is 0.306 e. The van der Waals surface area contributed by atoms with E-state index in [1.807, 2.05) is 27.7 Å². The highest BCUT2D eigenvalue weighted by Gasteiger charge is 2.06. The van der Waals surface area contributed by atoms with Crippen LogP contribution in [0, 0.1) is 0 Å². The molecule has 0 aliphatic carbocycles. The summed E-state index contributed by atoms with van der Waals surface area (Å²) in [5, 5.41) is 0. The molecule has 0 heterocycles. The Kier molecular flexibility index (Phi) is 6.89. The predicted molar refractivity (Wildman–Crippen MR) is 55.9 cm³/mol. The molecule has 0 N–H and O–H groups in total. The van der Waals surface area contributed by atoms with E-state index >= 15 is 0 Å². The van der Waals surface area contributed by atoms with Crippen molar-refractivity contribution in [2.75, 3.05) is 13.2 Å². The number of ether oxygens (including phenoxy) is 2. The SMILES string of the molecule is CCOC(=O)CCC(OCC)=C(C)C. The second kappa shape index (κ2) is 7.42. The van der Waals surface area contributed by atoms with Crippen LogP contribution < -0.4 is 0 Å². The van der Waals surface area contributed by atoms with Crippen molar-refractivity contribution in [3.63, 3.8) is 0 Å². The molecule has 0 atom stereocenters. The first-order chi connectivity index (χ1) is 6.61. The molecule has 0 saturated carbocycles. The second-order valence-corrected chi connectivity index (χ2v) is 3.16. The first-order valence-corrected chi connectivity index (χ1v) is 5.06. The van der Waals surface area contributed by atoms with Crippen molar-refractivity contribution < 1.29 is 14.3 Å². The van der Waals surface area contributed by atoms with Gasteiger partial charge in [-0.2, -0.15) is 0 Å². The van der Waals surface area contributed by atoms with Crippen LogP contribution in [0.1, 0.15) is 40.5 Å². The zero-order valence-corrected chi connectivity index (χ0v) is 9.55. The summed E-state index contributed by atoms with van der Waals surface area (Å²) < 4.78 is 10.2. The largest absolute Gasteiger partial charge is 0.498 e. The summed E-state index contributed by atoms with van der Waals surface area (Å²) in [6.07, 6.45) is 1.03. The minimum atomic E-state index is -0.161. The van der Waals surface area contributed by atoms with E-state index in [-0.39, 0.29) is 5.97 Å². The van der Waals surface area contributed by atoms with Crippen LogP contribution in [-0.4, -0.2) is 19.2 Å². The van der Waals surface area contributed by atoms with Crippen LogP contribution in [0.25, 0.3) is 0 Å². The van der Waals surface area contributed by atoms with Crippen LogP contribution in [0.2, 0.25) is 0 Å². The lowest BCUT2D eigenvalue weighted by Gasteiger charge is -2.10. The zero-order valence-electron chi connectivity index (χ0n) is 9.55. The molecule has 0 aliphatic heterocycles. The van der Waals surface area contributed by atoms with Crippen molar-refractivity contribution in [1.82, 2.24) is 0 Å². The minimum Gasteiger partial charge on any atom is -0.498 e. The Labute approximate surface area is 86.1 Å². The number of esters is 1. The first kappa shape index (κ1) is 13.0. The maximum atomic E-state index is 11.1. The molecule has 0 saturated heterocycles. The molecule has 0 aromatic carbocycles. The van der Waals surface area contributed by atoms with Gasteiger partial charge in [-0.25, -0.2) is 0 Å². The molecule has 82 valence electrons. The molecule has 0 rings (SSSR count). The van der Waals surface area contributed by atoms with Gasteiger partial charge in [0.1, 0.15) is 0 Å². The molecule has 0 aromatic heterocycles. The third-order valence-corrected chi connectivity index (χ3v) is 1.74. The fraction of sp³-hybridized carbons (Fsp3) is 0.727. The van der Waals surface area contributed by atoms with Crippen LogP contribution in [-0.2, 0) is 14.3 Å². The quantitative estimate of drug-likeness (QED) is 0.488. The normalized spacial score (nSPS) is 9.43. The summed E-state index contributed by atoms with van der Waals surface area (Å²) in [6.45, 7) is 8.79. The van der Waals surface area contributed by atoms with Gasteiger partial charge in [-0.05, 0) is 33.3 Å². The van der Waals surface area contributed by atoms with Crippen molar-refractivity contribution in [2.45, 2.75) is 40.5 Å². The molecule has 0 fully saturated rings. The highest BCUT2D eigenvalue weighted by molar-refractivity contribution is 5.69. The molecule has 0 amide bonds. The maximum Gasteiger partial charge on any atom is 0.306 e. The number of carbonyl (C=O) groups excluding carboxylic acids is 1. The molecule has 0 spiro atoms. The van der Waals surface area contributed by atoms with Crippen molar-refractivity contribution >= 4 is 5.97 Å². The Balaban J connectivity index is 3.95. The van der Waals surface area contributed by atoms with Crippen LogP contribution >= 0.6 is 0 Å². The van der Waals surface area contributed by atoms with Gasteiger partial charge in [0, 0.05) is 6.42 Å². The van der Waals surface area contributed by atoms with Gasteiger partial charge in [-0.15, -0.1) is 0 Å². The lowest BCUT2D eigenvalue weighted by Crippen LogP contribution is -2.05. The molecule has 0 aliphatic rings. The van der Waals surface area contributed by atoms with Crippen LogP contribution in [0.5, 0.6) is 0 Å². The first-order valence-electron chi connectivity index (χ1n) is 5.06. The summed E-state index contributed by atoms with van der Waals surface area (Å²) in [4.78, 5) is 11.1. The summed E-state index contributed by atoms with van der Waals surface area (Å²) >= 11 is 0. The Bertz CT molecular complexity index is 203. The van der Waals surface area contributed by atoms with Gasteiger partial charge < -0.3 is 9.47 Å². The number of hydrogen-bond acceptors (Lipinski definition) is 3. The molecule has 0 bridgehead atoms. The van der Waals surface area contributed by atoms with E-state index in [0.29, 0.717) is 26.1 Å². The molecule has 3 heteroatoms. The average molecular weight is 200 g/mol. The fourth-order valence-corrected chi connectivity index (χ4v) is 1.09. The van der Waals surface area contributed by atoms with Crippen molar-refractivity contribution in [3.05, 3.63) is 11.3 Å². The average Bonchev–Trinajstić information content (AvgIpc) is 2.12. The molecule has 0 radical (unpaired) electrons. The van der Waals surface area contributed by atoms with Crippen molar-refractivity contribution in [3.8, 4) is 0 Å². The van der Waals surface area contributed by atoms with E-state index in [1.54, 1.807) is 0 Å². The zero-order chi connectivity index (χ0) is 11.0. The van der Waals surface area contributed by atoms with Gasteiger partial charge in [-0.3, -0.25) is 4.79 Å². The van der Waals surface area contributed by atoms with Crippen LogP contribution in [0.15, 0.2) is 11.3 Å². The maximum absolute atomic E-state index is 11.1. The topological polar surface area (TPSA) is 35.5 Å². The molecular weight excluding hydrogens is 180 g/mol. The van der Waals surface area contributed by atoms with Crippen LogP contribution in [0.3, 0.4) is 0 Å². The summed E-state index contributed by atoms with van der Waals surface area (Å²) in [5.41, 5.74) is 1.12. The summed E-state index contributed by atoms with van der Waals surface area (Å²) in [5.74, 6) is 0.742. The monoisotopic (exact) mass is 200 g/mol. The van der Waals surface area contributed by atoms with Gasteiger partial charge in [0.15, 0.2) is 0 Å². The van der Waals surface area contributed by atoms with E-state index in [4.69, 9.17) is 9.47 Å². The van der Waals surface area contributed by atoms with Gasteiger partial charge in [0.05, 0.1) is 25.4 Å². The lowest BCUT2D eigenvalue weighted by atomic mass is 10.2. The standard InChI is InChI=1S/C11H20O3/c1-5-13-10(9(3)4)7-8-11(12)14-6-2/h5-8H2,1-4H3. The molecule has 0 aromatic rings. The third kappa shape index (κ3) is 5.62.